The number of nitrogens with zero attached hydrogens (tertiary/aromatic N) is 1. The van der Waals surface area contributed by atoms with Crippen molar-refractivity contribution in [2.75, 3.05) is 26.2 Å². The standard InChI is InChI=1S/C12H19N3O4S.ClH/c13-5-6-14-12(16)10-3-1-7-15(9-10)20(17,18)11-4-2-8-19-11;/h2,4,8,10H,1,3,5-7,9,13H2,(H,14,16);1H. The van der Waals surface area contributed by atoms with Crippen molar-refractivity contribution >= 4 is 28.3 Å². The van der Waals surface area contributed by atoms with Crippen molar-refractivity contribution in [3.63, 3.8) is 0 Å². The highest BCUT2D eigenvalue weighted by Gasteiger charge is 2.34. The number of piperidine rings is 1. The number of hydrogen-bond acceptors (Lipinski definition) is 5. The van der Waals surface area contributed by atoms with E-state index in [1.54, 1.807) is 0 Å². The van der Waals surface area contributed by atoms with E-state index in [2.05, 4.69) is 5.32 Å². The number of carbonyl (C=O) groups is 1. The predicted octanol–water partition coefficient (Wildman–Crippen LogP) is 0.177. The molecule has 1 amide bonds. The summed E-state index contributed by atoms with van der Waals surface area (Å²) in [6.45, 7) is 1.36. The van der Waals surface area contributed by atoms with E-state index in [4.69, 9.17) is 10.2 Å². The summed E-state index contributed by atoms with van der Waals surface area (Å²) in [6, 6.07) is 2.94. The lowest BCUT2D eigenvalue weighted by atomic mass is 9.99. The van der Waals surface area contributed by atoms with E-state index in [-0.39, 0.29) is 35.9 Å². The first-order valence-corrected chi connectivity index (χ1v) is 8.01. The van der Waals surface area contributed by atoms with Crippen LogP contribution in [0.15, 0.2) is 27.9 Å². The lowest BCUT2D eigenvalue weighted by Crippen LogP contribution is -2.46. The van der Waals surface area contributed by atoms with Gasteiger partial charge in [0.15, 0.2) is 0 Å². The third kappa shape index (κ3) is 4.19. The van der Waals surface area contributed by atoms with Crippen molar-refractivity contribution < 1.29 is 17.6 Å². The number of hydrogen-bond donors (Lipinski definition) is 2. The molecule has 0 saturated carbocycles. The SMILES string of the molecule is Cl.NCCNC(=O)C1CCCN(S(=O)(=O)c2ccco2)C1. The van der Waals surface area contributed by atoms with Gasteiger partial charge in [0.25, 0.3) is 10.0 Å². The summed E-state index contributed by atoms with van der Waals surface area (Å²) in [5, 5.41) is 2.62. The summed E-state index contributed by atoms with van der Waals surface area (Å²) in [6.07, 6.45) is 2.66. The molecule has 7 nitrogen and oxygen atoms in total. The molecule has 0 aliphatic carbocycles. The van der Waals surface area contributed by atoms with Crippen LogP contribution in [0.5, 0.6) is 0 Å². The van der Waals surface area contributed by atoms with Gasteiger partial charge < -0.3 is 15.5 Å². The molecule has 1 atom stereocenters. The number of amides is 1. The van der Waals surface area contributed by atoms with E-state index in [1.165, 1.54) is 22.7 Å². The molecule has 1 aromatic heterocycles. The summed E-state index contributed by atoms with van der Waals surface area (Å²) in [4.78, 5) is 11.9. The summed E-state index contributed by atoms with van der Waals surface area (Å²) in [5.74, 6) is -0.477. The molecule has 0 bridgehead atoms. The zero-order chi connectivity index (χ0) is 14.6. The van der Waals surface area contributed by atoms with Crippen LogP contribution in [0, 0.1) is 5.92 Å². The summed E-state index contributed by atoms with van der Waals surface area (Å²) in [7, 11) is -3.64. The molecule has 1 saturated heterocycles. The van der Waals surface area contributed by atoms with Crippen LogP contribution < -0.4 is 11.1 Å². The van der Waals surface area contributed by atoms with E-state index < -0.39 is 10.0 Å². The second-order valence-corrected chi connectivity index (χ2v) is 6.58. The Hall–Kier alpha value is -1.09. The van der Waals surface area contributed by atoms with Gasteiger partial charge in [0.2, 0.25) is 11.0 Å². The largest absolute Gasteiger partial charge is 0.452 e. The smallest absolute Gasteiger partial charge is 0.276 e. The van der Waals surface area contributed by atoms with E-state index in [0.717, 1.165) is 0 Å². The van der Waals surface area contributed by atoms with Crippen molar-refractivity contribution in [1.82, 2.24) is 9.62 Å². The van der Waals surface area contributed by atoms with Gasteiger partial charge in [-0.1, -0.05) is 0 Å². The minimum atomic E-state index is -3.64. The second kappa shape index (κ2) is 7.79. The Morgan fingerprint density at radius 1 is 1.52 bits per heavy atom. The Kier molecular flexibility index (Phi) is 6.66. The minimum absolute atomic E-state index is 0. The number of carbonyl (C=O) groups excluding carboxylic acids is 1. The van der Waals surface area contributed by atoms with Crippen LogP contribution in [0.4, 0.5) is 0 Å². The van der Waals surface area contributed by atoms with Crippen molar-refractivity contribution in [2.45, 2.75) is 17.9 Å². The molecule has 0 radical (unpaired) electrons. The average molecular weight is 338 g/mol. The normalized spacial score (nSPS) is 19.8. The Balaban J connectivity index is 0.00000220. The zero-order valence-corrected chi connectivity index (χ0v) is 13.2. The Labute approximate surface area is 130 Å². The third-order valence-corrected chi connectivity index (χ3v) is 5.04. The summed E-state index contributed by atoms with van der Waals surface area (Å²) < 4.78 is 30.9. The molecular weight excluding hydrogens is 318 g/mol. The van der Waals surface area contributed by atoms with Gasteiger partial charge in [0.05, 0.1) is 12.2 Å². The number of sulfonamides is 1. The quantitative estimate of drug-likeness (QED) is 0.797. The van der Waals surface area contributed by atoms with Gasteiger partial charge in [0, 0.05) is 26.2 Å². The van der Waals surface area contributed by atoms with Gasteiger partial charge in [0.1, 0.15) is 0 Å². The molecule has 1 aliphatic rings. The topological polar surface area (TPSA) is 106 Å². The molecule has 120 valence electrons. The van der Waals surface area contributed by atoms with Gasteiger partial charge >= 0.3 is 0 Å². The van der Waals surface area contributed by atoms with E-state index in [9.17, 15) is 13.2 Å². The highest BCUT2D eigenvalue weighted by atomic mass is 35.5. The molecule has 3 N–H and O–H groups in total. The molecule has 0 aromatic carbocycles. The fraction of sp³-hybridized carbons (Fsp3) is 0.583. The first kappa shape index (κ1) is 18.0. The highest BCUT2D eigenvalue weighted by molar-refractivity contribution is 7.89. The van der Waals surface area contributed by atoms with Crippen LogP contribution in [0.3, 0.4) is 0 Å². The molecule has 1 unspecified atom stereocenters. The molecule has 1 aliphatic heterocycles. The van der Waals surface area contributed by atoms with E-state index >= 15 is 0 Å². The Bertz CT molecular complexity index is 547. The molecule has 0 spiro atoms. The summed E-state index contributed by atoms with van der Waals surface area (Å²) in [5.41, 5.74) is 5.33. The maximum Gasteiger partial charge on any atom is 0.276 e. The van der Waals surface area contributed by atoms with Crippen LogP contribution >= 0.6 is 12.4 Å². The van der Waals surface area contributed by atoms with Crippen LogP contribution in [0.1, 0.15) is 12.8 Å². The predicted molar refractivity (Wildman–Crippen MR) is 79.5 cm³/mol. The van der Waals surface area contributed by atoms with Gasteiger partial charge in [-0.05, 0) is 25.0 Å². The third-order valence-electron chi connectivity index (χ3n) is 3.29. The second-order valence-electron chi connectivity index (χ2n) is 4.71. The first-order valence-electron chi connectivity index (χ1n) is 6.57. The van der Waals surface area contributed by atoms with Crippen molar-refractivity contribution in [3.05, 3.63) is 18.4 Å². The average Bonchev–Trinajstić information content (AvgIpc) is 2.99. The fourth-order valence-electron chi connectivity index (χ4n) is 2.25. The van der Waals surface area contributed by atoms with Crippen LogP contribution in [0.25, 0.3) is 0 Å². The molecule has 1 fully saturated rings. The molecule has 2 heterocycles. The van der Waals surface area contributed by atoms with Crippen molar-refractivity contribution in [2.24, 2.45) is 11.7 Å². The molecule has 2 rings (SSSR count). The highest BCUT2D eigenvalue weighted by Crippen LogP contribution is 2.24. The van der Waals surface area contributed by atoms with Crippen LogP contribution in [0.2, 0.25) is 0 Å². The van der Waals surface area contributed by atoms with Gasteiger partial charge in [-0.15, -0.1) is 12.4 Å². The number of nitrogens with two attached hydrogens (primary N) is 1. The maximum absolute atomic E-state index is 12.3. The van der Waals surface area contributed by atoms with E-state index in [0.29, 0.717) is 32.5 Å². The monoisotopic (exact) mass is 337 g/mol. The van der Waals surface area contributed by atoms with Crippen molar-refractivity contribution in [1.29, 1.82) is 0 Å². The van der Waals surface area contributed by atoms with Gasteiger partial charge in [-0.3, -0.25) is 4.79 Å². The number of nitrogens with one attached hydrogen (secondary N) is 1. The Morgan fingerprint density at radius 2 is 2.29 bits per heavy atom. The number of halogens is 1. The van der Waals surface area contributed by atoms with Gasteiger partial charge in [-0.2, -0.15) is 4.31 Å². The van der Waals surface area contributed by atoms with Gasteiger partial charge in [-0.25, -0.2) is 8.42 Å². The maximum atomic E-state index is 12.3. The van der Waals surface area contributed by atoms with Crippen molar-refractivity contribution in [3.8, 4) is 0 Å². The fourth-order valence-corrected chi connectivity index (χ4v) is 3.68. The first-order chi connectivity index (χ1) is 9.55. The van der Waals surface area contributed by atoms with E-state index in [1.807, 2.05) is 0 Å². The molecule has 9 heteroatoms. The lowest BCUT2D eigenvalue weighted by Gasteiger charge is -2.30. The number of rotatable bonds is 5. The Morgan fingerprint density at radius 3 is 2.90 bits per heavy atom. The van der Waals surface area contributed by atoms with Crippen LogP contribution in [-0.2, 0) is 14.8 Å². The molecule has 21 heavy (non-hydrogen) atoms. The molecular formula is C12H20ClN3O4S. The van der Waals surface area contributed by atoms with Crippen LogP contribution in [-0.4, -0.2) is 44.8 Å². The zero-order valence-electron chi connectivity index (χ0n) is 11.5. The minimum Gasteiger partial charge on any atom is -0.452 e. The lowest BCUT2D eigenvalue weighted by molar-refractivity contribution is -0.126. The molecule has 1 aromatic rings. The summed E-state index contributed by atoms with van der Waals surface area (Å²) >= 11 is 0. The number of furan rings is 1.